The van der Waals surface area contributed by atoms with Gasteiger partial charge in [-0.25, -0.2) is 4.39 Å². The average molecular weight is 530 g/mol. The molecule has 0 atom stereocenters. The lowest BCUT2D eigenvalue weighted by Gasteiger charge is -2.14. The molecule has 1 amide bonds. The monoisotopic (exact) mass is 529 g/mol. The van der Waals surface area contributed by atoms with Crippen molar-refractivity contribution in [3.63, 3.8) is 0 Å². The number of benzene rings is 3. The van der Waals surface area contributed by atoms with Crippen molar-refractivity contribution >= 4 is 45.5 Å². The summed E-state index contributed by atoms with van der Waals surface area (Å²) < 4.78 is 19.2. The lowest BCUT2D eigenvalue weighted by Crippen LogP contribution is -2.12. The molecule has 4 aromatic rings. The number of hydrogen-bond donors (Lipinski definition) is 2. The molecule has 0 saturated heterocycles. The van der Waals surface area contributed by atoms with Crippen LogP contribution in [0, 0.1) is 17.1 Å². The smallest absolute Gasteiger partial charge is 0.248 e. The Labute approximate surface area is 225 Å². The first-order valence-electron chi connectivity index (χ1n) is 11.7. The van der Waals surface area contributed by atoms with Gasteiger partial charge in [-0.1, -0.05) is 29.8 Å². The molecule has 0 saturated carbocycles. The van der Waals surface area contributed by atoms with Crippen LogP contribution in [0.1, 0.15) is 11.1 Å². The number of nitrogens with zero attached hydrogens (tertiary/aromatic N) is 3. The van der Waals surface area contributed by atoms with Crippen molar-refractivity contribution in [1.82, 2.24) is 9.88 Å². The molecule has 0 bridgehead atoms. The van der Waals surface area contributed by atoms with Crippen molar-refractivity contribution in [3.05, 3.63) is 101 Å². The van der Waals surface area contributed by atoms with Crippen LogP contribution in [0.25, 0.3) is 10.9 Å². The van der Waals surface area contributed by atoms with Crippen molar-refractivity contribution in [2.24, 2.45) is 0 Å². The van der Waals surface area contributed by atoms with Crippen LogP contribution in [-0.4, -0.2) is 36.4 Å². The third-order valence-electron chi connectivity index (χ3n) is 5.48. The van der Waals surface area contributed by atoms with Gasteiger partial charge in [-0.3, -0.25) is 9.78 Å². The van der Waals surface area contributed by atoms with Crippen LogP contribution < -0.4 is 15.4 Å². The quantitative estimate of drug-likeness (QED) is 0.248. The zero-order valence-electron chi connectivity index (χ0n) is 20.8. The molecule has 2 N–H and O–H groups in total. The van der Waals surface area contributed by atoms with E-state index in [4.69, 9.17) is 16.3 Å². The van der Waals surface area contributed by atoms with Gasteiger partial charge >= 0.3 is 0 Å². The molecule has 0 unspecified atom stereocenters. The van der Waals surface area contributed by atoms with E-state index in [0.717, 1.165) is 0 Å². The number of ether oxygens (including phenoxy) is 1. The highest BCUT2D eigenvalue weighted by molar-refractivity contribution is 6.32. The number of fused-ring (bicyclic) bond motifs is 1. The number of nitriles is 1. The minimum absolute atomic E-state index is 0.163. The van der Waals surface area contributed by atoms with Crippen LogP contribution in [0.15, 0.2) is 79.0 Å². The van der Waals surface area contributed by atoms with E-state index < -0.39 is 0 Å². The predicted octanol–water partition coefficient (Wildman–Crippen LogP) is 6.28. The second-order valence-corrected chi connectivity index (χ2v) is 9.14. The molecule has 192 valence electrons. The normalized spacial score (nSPS) is 11.1. The minimum Gasteiger partial charge on any atom is -0.487 e. The zero-order valence-corrected chi connectivity index (χ0v) is 21.6. The van der Waals surface area contributed by atoms with Crippen molar-refractivity contribution in [2.75, 3.05) is 31.3 Å². The molecule has 0 aliphatic carbocycles. The Morgan fingerprint density at radius 2 is 1.97 bits per heavy atom. The molecule has 1 heterocycles. The molecule has 0 aliphatic rings. The van der Waals surface area contributed by atoms with Gasteiger partial charge in [0.25, 0.3) is 0 Å². The first-order valence-corrected chi connectivity index (χ1v) is 12.1. The summed E-state index contributed by atoms with van der Waals surface area (Å²) in [5.41, 5.74) is 3.37. The highest BCUT2D eigenvalue weighted by atomic mass is 35.5. The van der Waals surface area contributed by atoms with Gasteiger partial charge in [0.1, 0.15) is 24.2 Å². The Morgan fingerprint density at radius 3 is 2.71 bits per heavy atom. The van der Waals surface area contributed by atoms with E-state index in [1.54, 1.807) is 54.6 Å². The van der Waals surface area contributed by atoms with Gasteiger partial charge in [-0.2, -0.15) is 5.26 Å². The number of hydrogen-bond acceptors (Lipinski definition) is 6. The van der Waals surface area contributed by atoms with Crippen LogP contribution in [-0.2, 0) is 11.4 Å². The van der Waals surface area contributed by atoms with E-state index >= 15 is 0 Å². The Kier molecular flexibility index (Phi) is 8.54. The second-order valence-electron chi connectivity index (χ2n) is 8.73. The van der Waals surface area contributed by atoms with Gasteiger partial charge in [-0.05, 0) is 68.2 Å². The Bertz CT molecular complexity index is 1550. The first kappa shape index (κ1) is 26.6. The number of halogens is 2. The predicted molar refractivity (Wildman–Crippen MR) is 148 cm³/mol. The molecule has 38 heavy (non-hydrogen) atoms. The summed E-state index contributed by atoms with van der Waals surface area (Å²) in [6.45, 7) is 0.808. The fraction of sp³-hybridized carbons (Fsp3) is 0.138. The van der Waals surface area contributed by atoms with Crippen molar-refractivity contribution < 1.29 is 13.9 Å². The Hall–Kier alpha value is -4.45. The van der Waals surface area contributed by atoms with Crippen molar-refractivity contribution in [1.29, 1.82) is 5.26 Å². The fourth-order valence-electron chi connectivity index (χ4n) is 3.67. The summed E-state index contributed by atoms with van der Waals surface area (Å²) in [6.07, 6.45) is 4.74. The first-order chi connectivity index (χ1) is 18.3. The zero-order chi connectivity index (χ0) is 27.1. The number of likely N-dealkylation sites (N-methyl/N-ethyl adjacent to an activating group) is 1. The van der Waals surface area contributed by atoms with Crippen molar-refractivity contribution in [2.45, 2.75) is 6.61 Å². The topological polar surface area (TPSA) is 90.3 Å². The number of carbonyl (C=O) groups is 1. The molecule has 0 fully saturated rings. The SMILES string of the molecule is CN(C)CC=CC(=O)Nc1ccc2ncc(C#N)c(Nc3ccc(OCc4cccc(F)c4)c(Cl)c3)c2c1. The molecule has 0 aliphatic heterocycles. The molecule has 3 aromatic carbocycles. The number of rotatable bonds is 9. The number of aromatic nitrogens is 1. The maximum Gasteiger partial charge on any atom is 0.248 e. The van der Waals surface area contributed by atoms with Gasteiger partial charge in [-0.15, -0.1) is 0 Å². The van der Waals surface area contributed by atoms with E-state index in [1.165, 1.54) is 24.4 Å². The minimum atomic E-state index is -0.335. The van der Waals surface area contributed by atoms with Crippen molar-refractivity contribution in [3.8, 4) is 11.8 Å². The number of anilines is 3. The summed E-state index contributed by atoms with van der Waals surface area (Å²) in [5, 5.41) is 16.8. The molecule has 4 rings (SSSR count). The van der Waals surface area contributed by atoms with Crippen LogP contribution in [0.5, 0.6) is 5.75 Å². The van der Waals surface area contributed by atoms with E-state index in [2.05, 4.69) is 21.7 Å². The summed E-state index contributed by atoms with van der Waals surface area (Å²) in [5.74, 6) is -0.155. The molecule has 9 heteroatoms. The van der Waals surface area contributed by atoms with Gasteiger partial charge in [0, 0.05) is 35.6 Å². The molecular formula is C29H25ClFN5O2. The number of pyridine rings is 1. The summed E-state index contributed by atoms with van der Waals surface area (Å²) in [6, 6.07) is 18.8. The van der Waals surface area contributed by atoms with E-state index in [-0.39, 0.29) is 18.3 Å². The molecule has 0 radical (unpaired) electrons. The lowest BCUT2D eigenvalue weighted by atomic mass is 10.1. The standard InChI is InChI=1S/C29H25ClFN5O2/c1-36(2)12-4-7-28(37)34-22-8-10-26-24(14-22)29(20(16-32)17-33-26)35-23-9-11-27(25(30)15-23)38-18-19-5-3-6-21(31)13-19/h3-11,13-15,17H,12,18H2,1-2H3,(H,33,35)(H,34,37). The van der Waals surface area contributed by atoms with E-state index in [1.807, 2.05) is 19.0 Å². The maximum absolute atomic E-state index is 13.4. The summed E-state index contributed by atoms with van der Waals surface area (Å²) >= 11 is 6.46. The molecule has 7 nitrogen and oxygen atoms in total. The number of amides is 1. The number of carbonyl (C=O) groups excluding carboxylic acids is 1. The fourth-order valence-corrected chi connectivity index (χ4v) is 3.91. The van der Waals surface area contributed by atoms with E-state index in [0.29, 0.717) is 56.4 Å². The van der Waals surface area contributed by atoms with E-state index in [9.17, 15) is 14.4 Å². The van der Waals surface area contributed by atoms with Gasteiger partial charge in [0.15, 0.2) is 0 Å². The van der Waals surface area contributed by atoms with Crippen LogP contribution in [0.3, 0.4) is 0 Å². The third-order valence-corrected chi connectivity index (χ3v) is 5.78. The van der Waals surface area contributed by atoms with Gasteiger partial charge in [0.2, 0.25) is 5.91 Å². The molecule has 0 spiro atoms. The molecule has 1 aromatic heterocycles. The third kappa shape index (κ3) is 6.85. The Balaban J connectivity index is 1.56. The van der Waals surface area contributed by atoms with Crippen LogP contribution >= 0.6 is 11.6 Å². The largest absolute Gasteiger partial charge is 0.487 e. The highest BCUT2D eigenvalue weighted by Crippen LogP contribution is 2.34. The van der Waals surface area contributed by atoms with Gasteiger partial charge < -0.3 is 20.3 Å². The maximum atomic E-state index is 13.4. The summed E-state index contributed by atoms with van der Waals surface area (Å²) in [4.78, 5) is 18.6. The average Bonchev–Trinajstić information content (AvgIpc) is 2.88. The van der Waals surface area contributed by atoms with Gasteiger partial charge in [0.05, 0.1) is 21.8 Å². The molecular weight excluding hydrogens is 505 g/mol. The Morgan fingerprint density at radius 1 is 1.16 bits per heavy atom. The summed E-state index contributed by atoms with van der Waals surface area (Å²) in [7, 11) is 3.83. The lowest BCUT2D eigenvalue weighted by molar-refractivity contribution is -0.111. The number of nitrogens with one attached hydrogen (secondary N) is 2. The second kappa shape index (κ2) is 12.2. The highest BCUT2D eigenvalue weighted by Gasteiger charge is 2.12. The van der Waals surface area contributed by atoms with Crippen LogP contribution in [0.4, 0.5) is 21.5 Å². The van der Waals surface area contributed by atoms with Crippen LogP contribution in [0.2, 0.25) is 5.02 Å².